The Labute approximate surface area is 165 Å². The predicted octanol–water partition coefficient (Wildman–Crippen LogP) is 0.783. The Morgan fingerprint density at radius 1 is 1.11 bits per heavy atom. The zero-order valence-corrected chi connectivity index (χ0v) is 16.6. The second kappa shape index (κ2) is 8.83. The predicted molar refractivity (Wildman–Crippen MR) is 105 cm³/mol. The van der Waals surface area contributed by atoms with Crippen LogP contribution in [-0.2, 0) is 14.8 Å². The summed E-state index contributed by atoms with van der Waals surface area (Å²) in [6.07, 6.45) is 4.84. The van der Waals surface area contributed by atoms with Crippen LogP contribution in [0, 0.1) is 0 Å². The maximum atomic E-state index is 13.0. The van der Waals surface area contributed by atoms with Crippen LogP contribution in [0.2, 0.25) is 0 Å². The van der Waals surface area contributed by atoms with Gasteiger partial charge in [-0.3, -0.25) is 14.6 Å². The molecule has 1 N–H and O–H groups in total. The highest BCUT2D eigenvalue weighted by molar-refractivity contribution is 7.89. The molecule has 152 valence electrons. The summed E-state index contributed by atoms with van der Waals surface area (Å²) < 4.78 is 27.5. The molecular weight excluding hydrogens is 380 g/mol. The van der Waals surface area contributed by atoms with E-state index in [4.69, 9.17) is 0 Å². The van der Waals surface area contributed by atoms with Gasteiger partial charge in [-0.15, -0.1) is 0 Å². The topological polar surface area (TPSA) is 99.7 Å². The van der Waals surface area contributed by atoms with Crippen molar-refractivity contribution in [2.45, 2.75) is 37.0 Å². The first-order valence-electron chi connectivity index (χ1n) is 9.54. The zero-order valence-electron chi connectivity index (χ0n) is 15.8. The molecule has 2 aliphatic heterocycles. The number of hydrogen-bond acceptors (Lipinski definition) is 5. The van der Waals surface area contributed by atoms with Gasteiger partial charge in [0.25, 0.3) is 5.91 Å². The van der Waals surface area contributed by atoms with Gasteiger partial charge in [-0.05, 0) is 43.9 Å². The Morgan fingerprint density at radius 3 is 2.36 bits per heavy atom. The number of rotatable bonds is 5. The summed E-state index contributed by atoms with van der Waals surface area (Å²) in [7, 11) is -3.41. The quantitative estimate of drug-likeness (QED) is 0.729. The Kier molecular flexibility index (Phi) is 6.46. The number of aromatic nitrogens is 1. The van der Waals surface area contributed by atoms with Crippen LogP contribution in [0.5, 0.6) is 0 Å². The molecule has 9 heteroatoms. The monoisotopic (exact) mass is 406 g/mol. The molecule has 2 amide bonds. The summed E-state index contributed by atoms with van der Waals surface area (Å²) in [5, 5.41) is 2.35. The van der Waals surface area contributed by atoms with Crippen molar-refractivity contribution in [3.05, 3.63) is 42.7 Å². The van der Waals surface area contributed by atoms with Gasteiger partial charge in [0, 0.05) is 38.4 Å². The second-order valence-electron chi connectivity index (χ2n) is 7.14. The van der Waals surface area contributed by atoms with Crippen molar-refractivity contribution in [1.82, 2.24) is 19.5 Å². The lowest BCUT2D eigenvalue weighted by Gasteiger charge is -2.37. The normalized spacial score (nSPS) is 19.9. The van der Waals surface area contributed by atoms with Crippen LogP contribution in [0.1, 0.15) is 36.2 Å². The van der Waals surface area contributed by atoms with Gasteiger partial charge in [-0.25, -0.2) is 12.7 Å². The average molecular weight is 407 g/mol. The van der Waals surface area contributed by atoms with E-state index in [1.54, 1.807) is 29.3 Å². The molecule has 1 aromatic heterocycles. The number of piperidine rings is 2. The van der Waals surface area contributed by atoms with Gasteiger partial charge in [0.2, 0.25) is 15.9 Å². The first-order valence-corrected chi connectivity index (χ1v) is 11.0. The number of nitrogens with one attached hydrogen (secondary N) is 1. The number of hydrogen-bond donors (Lipinski definition) is 1. The maximum absolute atomic E-state index is 13.0. The fourth-order valence-corrected chi connectivity index (χ4v) is 5.68. The van der Waals surface area contributed by atoms with E-state index < -0.39 is 15.3 Å². The van der Waals surface area contributed by atoms with Crippen molar-refractivity contribution in [2.24, 2.45) is 0 Å². The molecule has 0 aliphatic carbocycles. The van der Waals surface area contributed by atoms with Crippen LogP contribution in [0.3, 0.4) is 0 Å². The fraction of sp³-hybridized carbons (Fsp3) is 0.526. The van der Waals surface area contributed by atoms with Gasteiger partial charge < -0.3 is 10.2 Å². The molecule has 3 rings (SSSR count). The second-order valence-corrected chi connectivity index (χ2v) is 9.35. The molecule has 0 aromatic carbocycles. The third kappa shape index (κ3) is 4.59. The lowest BCUT2D eigenvalue weighted by atomic mass is 10.1. The standard InChI is InChI=1S/C19H26N4O4S/c1-2-18(24)21-15-6-13-23(14-7-15)28(26,27)16-8-11-22(12-9-16)19(25)17-5-3-4-10-20-17/h2-5,10,15-16H,1,6-9,11-14H2,(H,21,24). The summed E-state index contributed by atoms with van der Waals surface area (Å²) in [6, 6.07) is 5.16. The lowest BCUT2D eigenvalue weighted by Crippen LogP contribution is -2.51. The minimum absolute atomic E-state index is 0.0187. The van der Waals surface area contributed by atoms with Gasteiger partial charge in [-0.1, -0.05) is 12.6 Å². The molecule has 2 saturated heterocycles. The molecule has 0 spiro atoms. The van der Waals surface area contributed by atoms with E-state index in [1.807, 2.05) is 0 Å². The third-order valence-corrected chi connectivity index (χ3v) is 7.78. The number of amides is 2. The molecule has 0 radical (unpaired) electrons. The number of sulfonamides is 1. The van der Waals surface area contributed by atoms with Gasteiger partial charge in [0.05, 0.1) is 5.25 Å². The Bertz CT molecular complexity index is 812. The molecule has 0 atom stereocenters. The molecule has 8 nitrogen and oxygen atoms in total. The number of carbonyl (C=O) groups is 2. The molecule has 0 bridgehead atoms. The number of likely N-dealkylation sites (tertiary alicyclic amines) is 1. The minimum atomic E-state index is -3.41. The van der Waals surface area contributed by atoms with E-state index in [0.29, 0.717) is 57.6 Å². The molecular formula is C19H26N4O4S. The summed E-state index contributed by atoms with van der Waals surface area (Å²) in [5.74, 6) is -0.388. The number of pyridine rings is 1. The van der Waals surface area contributed by atoms with Crippen LogP contribution in [0.4, 0.5) is 0 Å². The molecule has 0 unspecified atom stereocenters. The van der Waals surface area contributed by atoms with Crippen LogP contribution in [-0.4, -0.2) is 71.9 Å². The van der Waals surface area contributed by atoms with Crippen molar-refractivity contribution in [3.8, 4) is 0 Å². The average Bonchev–Trinajstić information content (AvgIpc) is 2.74. The van der Waals surface area contributed by atoms with Gasteiger partial charge in [0.15, 0.2) is 0 Å². The lowest BCUT2D eigenvalue weighted by molar-refractivity contribution is -0.117. The van der Waals surface area contributed by atoms with Crippen molar-refractivity contribution >= 4 is 21.8 Å². The molecule has 1 aromatic rings. The first-order chi connectivity index (χ1) is 13.4. The van der Waals surface area contributed by atoms with Crippen LogP contribution < -0.4 is 5.32 Å². The summed E-state index contributed by atoms with van der Waals surface area (Å²) in [5.41, 5.74) is 0.382. The van der Waals surface area contributed by atoms with Gasteiger partial charge in [0.1, 0.15) is 5.69 Å². The van der Waals surface area contributed by atoms with Crippen LogP contribution in [0.25, 0.3) is 0 Å². The molecule has 2 aliphatic rings. The SMILES string of the molecule is C=CC(=O)NC1CCN(S(=O)(=O)C2CCN(C(=O)c3ccccn3)CC2)CC1. The van der Waals surface area contributed by atoms with Crippen molar-refractivity contribution < 1.29 is 18.0 Å². The molecule has 28 heavy (non-hydrogen) atoms. The Hall–Kier alpha value is -2.26. The largest absolute Gasteiger partial charge is 0.350 e. The van der Waals surface area contributed by atoms with Crippen LogP contribution >= 0.6 is 0 Å². The molecule has 0 saturated carbocycles. The van der Waals surface area contributed by atoms with E-state index in [-0.39, 0.29) is 17.9 Å². The van der Waals surface area contributed by atoms with Crippen LogP contribution in [0.15, 0.2) is 37.1 Å². The third-order valence-electron chi connectivity index (χ3n) is 5.38. The maximum Gasteiger partial charge on any atom is 0.272 e. The highest BCUT2D eigenvalue weighted by Crippen LogP contribution is 2.25. The van der Waals surface area contributed by atoms with Crippen molar-refractivity contribution in [2.75, 3.05) is 26.2 Å². The number of carbonyl (C=O) groups excluding carboxylic acids is 2. The van der Waals surface area contributed by atoms with E-state index in [0.717, 1.165) is 0 Å². The van der Waals surface area contributed by atoms with E-state index >= 15 is 0 Å². The zero-order chi connectivity index (χ0) is 20.1. The van der Waals surface area contributed by atoms with E-state index in [2.05, 4.69) is 16.9 Å². The molecule has 2 fully saturated rings. The fourth-order valence-electron chi connectivity index (χ4n) is 3.73. The van der Waals surface area contributed by atoms with Crippen molar-refractivity contribution in [1.29, 1.82) is 0 Å². The highest BCUT2D eigenvalue weighted by Gasteiger charge is 2.37. The van der Waals surface area contributed by atoms with E-state index in [9.17, 15) is 18.0 Å². The highest BCUT2D eigenvalue weighted by atomic mass is 32.2. The minimum Gasteiger partial charge on any atom is -0.350 e. The Morgan fingerprint density at radius 2 is 1.79 bits per heavy atom. The van der Waals surface area contributed by atoms with E-state index in [1.165, 1.54) is 10.4 Å². The Balaban J connectivity index is 1.53. The van der Waals surface area contributed by atoms with Gasteiger partial charge >= 0.3 is 0 Å². The summed E-state index contributed by atoms with van der Waals surface area (Å²) in [4.78, 5) is 29.6. The van der Waals surface area contributed by atoms with Crippen molar-refractivity contribution in [3.63, 3.8) is 0 Å². The van der Waals surface area contributed by atoms with Gasteiger partial charge in [-0.2, -0.15) is 0 Å². The summed E-state index contributed by atoms with van der Waals surface area (Å²) >= 11 is 0. The smallest absolute Gasteiger partial charge is 0.272 e. The first kappa shape index (κ1) is 20.5. The molecule has 3 heterocycles. The summed E-state index contributed by atoms with van der Waals surface area (Å²) in [6.45, 7) is 5.05. The number of nitrogens with zero attached hydrogens (tertiary/aromatic N) is 3.